The maximum Gasteiger partial charge on any atom is 0.243 e. The van der Waals surface area contributed by atoms with Gasteiger partial charge in [-0.15, -0.1) is 0 Å². The number of hydrogen-bond acceptors (Lipinski definition) is 5. The molecular weight excluding hydrogens is 318 g/mol. The van der Waals surface area contributed by atoms with Crippen LogP contribution in [0, 0.1) is 0 Å². The van der Waals surface area contributed by atoms with E-state index in [0.717, 1.165) is 0 Å². The largest absolute Gasteiger partial charge is 0.497 e. The van der Waals surface area contributed by atoms with Crippen molar-refractivity contribution >= 4 is 35.2 Å². The van der Waals surface area contributed by atoms with Crippen molar-refractivity contribution < 1.29 is 19.1 Å². The fourth-order valence-electron chi connectivity index (χ4n) is 1.73. The van der Waals surface area contributed by atoms with E-state index in [9.17, 15) is 14.4 Å². The van der Waals surface area contributed by atoms with Gasteiger partial charge in [0.2, 0.25) is 17.7 Å². The number of benzene rings is 1. The van der Waals surface area contributed by atoms with Crippen molar-refractivity contribution in [3.8, 4) is 5.75 Å². The van der Waals surface area contributed by atoms with Gasteiger partial charge in [-0.1, -0.05) is 6.07 Å². The Hall–Kier alpha value is -2.22. The van der Waals surface area contributed by atoms with Crippen LogP contribution in [-0.2, 0) is 14.4 Å². The van der Waals surface area contributed by atoms with Gasteiger partial charge in [0, 0.05) is 31.0 Å². The lowest BCUT2D eigenvalue weighted by Crippen LogP contribution is -2.35. The SMILES string of the molecule is COc1cccc(NC(=O)CN(C)C(=O)CCSCC(N)=O)c1. The van der Waals surface area contributed by atoms with E-state index in [1.54, 1.807) is 38.4 Å². The third kappa shape index (κ3) is 7.55. The molecule has 0 aromatic heterocycles. The molecule has 0 aliphatic heterocycles. The summed E-state index contributed by atoms with van der Waals surface area (Å²) in [6.07, 6.45) is 0.251. The first-order valence-electron chi connectivity index (χ1n) is 6.96. The van der Waals surface area contributed by atoms with Gasteiger partial charge in [0.25, 0.3) is 0 Å². The average molecular weight is 339 g/mol. The first-order chi connectivity index (χ1) is 10.9. The monoisotopic (exact) mass is 339 g/mol. The maximum absolute atomic E-state index is 11.9. The highest BCUT2D eigenvalue weighted by Crippen LogP contribution is 2.16. The van der Waals surface area contributed by atoms with E-state index in [-0.39, 0.29) is 30.5 Å². The van der Waals surface area contributed by atoms with Crippen molar-refractivity contribution in [3.63, 3.8) is 0 Å². The average Bonchev–Trinajstić information content (AvgIpc) is 2.51. The zero-order chi connectivity index (χ0) is 17.2. The van der Waals surface area contributed by atoms with Gasteiger partial charge in [-0.2, -0.15) is 11.8 Å². The highest BCUT2D eigenvalue weighted by molar-refractivity contribution is 7.99. The van der Waals surface area contributed by atoms with Gasteiger partial charge in [-0.05, 0) is 12.1 Å². The second kappa shape index (κ2) is 9.73. The first-order valence-corrected chi connectivity index (χ1v) is 8.11. The third-order valence-corrected chi connectivity index (χ3v) is 3.85. The van der Waals surface area contributed by atoms with Crippen LogP contribution in [0.5, 0.6) is 5.75 Å². The quantitative estimate of drug-likeness (QED) is 0.645. The van der Waals surface area contributed by atoms with Gasteiger partial charge >= 0.3 is 0 Å². The molecule has 0 aliphatic carbocycles. The highest BCUT2D eigenvalue weighted by Gasteiger charge is 2.13. The Morgan fingerprint density at radius 1 is 1.35 bits per heavy atom. The smallest absolute Gasteiger partial charge is 0.243 e. The molecule has 0 radical (unpaired) electrons. The molecule has 0 spiro atoms. The summed E-state index contributed by atoms with van der Waals surface area (Å²) in [5.74, 6) is 0.450. The van der Waals surface area contributed by atoms with Crippen molar-refractivity contribution in [2.24, 2.45) is 5.73 Å². The van der Waals surface area contributed by atoms with Gasteiger partial charge in [0.1, 0.15) is 5.75 Å². The number of anilines is 1. The van der Waals surface area contributed by atoms with Gasteiger partial charge in [-0.25, -0.2) is 0 Å². The summed E-state index contributed by atoms with van der Waals surface area (Å²) in [5, 5.41) is 2.71. The molecule has 8 heteroatoms. The van der Waals surface area contributed by atoms with E-state index in [1.165, 1.54) is 16.7 Å². The summed E-state index contributed by atoms with van der Waals surface area (Å²) in [7, 11) is 3.11. The minimum Gasteiger partial charge on any atom is -0.497 e. The fraction of sp³-hybridized carbons (Fsp3) is 0.400. The number of thioether (sulfide) groups is 1. The molecule has 1 aromatic rings. The summed E-state index contributed by atoms with van der Waals surface area (Å²) in [6.45, 7) is -0.0451. The van der Waals surface area contributed by atoms with Crippen molar-refractivity contribution in [2.75, 3.05) is 37.5 Å². The van der Waals surface area contributed by atoms with E-state index in [2.05, 4.69) is 5.32 Å². The summed E-state index contributed by atoms with van der Waals surface area (Å²) < 4.78 is 5.08. The van der Waals surface area contributed by atoms with E-state index in [0.29, 0.717) is 17.2 Å². The van der Waals surface area contributed by atoms with E-state index >= 15 is 0 Å². The highest BCUT2D eigenvalue weighted by atomic mass is 32.2. The Kier molecular flexibility index (Phi) is 7.96. The van der Waals surface area contributed by atoms with Crippen LogP contribution in [0.2, 0.25) is 0 Å². The second-order valence-electron chi connectivity index (χ2n) is 4.80. The number of carbonyl (C=O) groups excluding carboxylic acids is 3. The van der Waals surface area contributed by atoms with Gasteiger partial charge in [-0.3, -0.25) is 14.4 Å². The number of carbonyl (C=O) groups is 3. The Morgan fingerprint density at radius 3 is 2.74 bits per heavy atom. The molecule has 0 bridgehead atoms. The van der Waals surface area contributed by atoms with E-state index in [4.69, 9.17) is 10.5 Å². The lowest BCUT2D eigenvalue weighted by atomic mass is 10.3. The number of primary amides is 1. The lowest BCUT2D eigenvalue weighted by Gasteiger charge is -2.16. The maximum atomic E-state index is 11.9. The van der Waals surface area contributed by atoms with E-state index < -0.39 is 5.91 Å². The number of likely N-dealkylation sites (N-methyl/N-ethyl adjacent to an activating group) is 1. The summed E-state index contributed by atoms with van der Waals surface area (Å²) >= 11 is 1.30. The number of ether oxygens (including phenoxy) is 1. The van der Waals surface area contributed by atoms with E-state index in [1.807, 2.05) is 0 Å². The number of amides is 3. The molecule has 126 valence electrons. The molecule has 3 amide bonds. The Morgan fingerprint density at radius 2 is 2.09 bits per heavy atom. The van der Waals surface area contributed by atoms with Crippen LogP contribution in [0.15, 0.2) is 24.3 Å². The lowest BCUT2D eigenvalue weighted by molar-refractivity contribution is -0.132. The standard InChI is InChI=1S/C15H21N3O4S/c1-18(15(21)6-7-23-10-13(16)19)9-14(20)17-11-4-3-5-12(8-11)22-2/h3-5,8H,6-7,9-10H2,1-2H3,(H2,16,19)(H,17,20). The van der Waals surface area contributed by atoms with Crippen LogP contribution in [0.3, 0.4) is 0 Å². The number of nitrogens with zero attached hydrogens (tertiary/aromatic N) is 1. The minimum atomic E-state index is -0.409. The molecule has 7 nitrogen and oxygen atoms in total. The fourth-order valence-corrected chi connectivity index (χ4v) is 2.39. The molecule has 0 heterocycles. The number of methoxy groups -OCH3 is 1. The topological polar surface area (TPSA) is 102 Å². The Balaban J connectivity index is 2.37. The van der Waals surface area contributed by atoms with Crippen molar-refractivity contribution in [3.05, 3.63) is 24.3 Å². The summed E-state index contributed by atoms with van der Waals surface area (Å²) in [4.78, 5) is 35.7. The number of rotatable bonds is 9. The molecule has 1 aromatic carbocycles. The summed E-state index contributed by atoms with van der Waals surface area (Å²) in [5.41, 5.74) is 5.62. The minimum absolute atomic E-state index is 0.0451. The predicted molar refractivity (Wildman–Crippen MR) is 90.4 cm³/mol. The van der Waals surface area contributed by atoms with Crippen molar-refractivity contribution in [2.45, 2.75) is 6.42 Å². The molecule has 0 fully saturated rings. The van der Waals surface area contributed by atoms with Crippen molar-refractivity contribution in [1.29, 1.82) is 0 Å². The molecule has 0 saturated heterocycles. The Bertz CT molecular complexity index is 565. The molecule has 0 saturated carbocycles. The van der Waals surface area contributed by atoms with Crippen LogP contribution in [0.25, 0.3) is 0 Å². The number of hydrogen-bond donors (Lipinski definition) is 2. The van der Waals surface area contributed by atoms with Crippen LogP contribution >= 0.6 is 11.8 Å². The molecule has 0 aliphatic rings. The van der Waals surface area contributed by atoms with Crippen molar-refractivity contribution in [1.82, 2.24) is 4.90 Å². The van der Waals surface area contributed by atoms with Crippen LogP contribution < -0.4 is 15.8 Å². The first kappa shape index (κ1) is 18.8. The normalized spacial score (nSPS) is 10.0. The zero-order valence-corrected chi connectivity index (χ0v) is 14.0. The number of nitrogens with one attached hydrogen (secondary N) is 1. The van der Waals surface area contributed by atoms with Crippen LogP contribution in [0.4, 0.5) is 5.69 Å². The van der Waals surface area contributed by atoms with Crippen LogP contribution in [-0.4, -0.2) is 54.8 Å². The third-order valence-electron chi connectivity index (χ3n) is 2.86. The van der Waals surface area contributed by atoms with Gasteiger partial charge in [0.05, 0.1) is 19.4 Å². The molecule has 23 heavy (non-hydrogen) atoms. The molecule has 0 unspecified atom stereocenters. The second-order valence-corrected chi connectivity index (χ2v) is 5.90. The molecule has 1 rings (SSSR count). The summed E-state index contributed by atoms with van der Waals surface area (Å²) in [6, 6.07) is 6.97. The Labute approximate surface area is 139 Å². The molecule has 3 N–H and O–H groups in total. The van der Waals surface area contributed by atoms with Gasteiger partial charge < -0.3 is 20.7 Å². The molecular formula is C15H21N3O4S. The zero-order valence-electron chi connectivity index (χ0n) is 13.2. The van der Waals surface area contributed by atoms with Crippen LogP contribution in [0.1, 0.15) is 6.42 Å². The number of nitrogens with two attached hydrogens (primary N) is 1. The molecule has 0 atom stereocenters. The van der Waals surface area contributed by atoms with Gasteiger partial charge in [0.15, 0.2) is 0 Å². The predicted octanol–water partition coefficient (Wildman–Crippen LogP) is 0.701.